The highest BCUT2D eigenvalue weighted by Crippen LogP contribution is 2.24. The van der Waals surface area contributed by atoms with Crippen molar-refractivity contribution in [1.29, 1.82) is 0 Å². The van der Waals surface area contributed by atoms with Gasteiger partial charge in [0.1, 0.15) is 0 Å². The number of hydrogen-bond acceptors (Lipinski definition) is 2. The van der Waals surface area contributed by atoms with Gasteiger partial charge in [-0.3, -0.25) is 4.79 Å². The summed E-state index contributed by atoms with van der Waals surface area (Å²) in [6.45, 7) is 2.49. The maximum absolute atomic E-state index is 12.2. The van der Waals surface area contributed by atoms with Crippen LogP contribution in [0.25, 0.3) is 6.08 Å². The standard InChI is InChI=1S/C16H21NO2/c1-13-4-2-5-14(12-13)8-9-16(19)17(10-11-18)15-6-3-7-15/h2,4-5,8-9,12,15,18H,3,6-7,10-11H2,1H3/b9-8+. The number of aliphatic hydroxyl groups is 1. The SMILES string of the molecule is Cc1cccc(/C=C/C(=O)N(CCO)C2CCC2)c1. The zero-order valence-electron chi connectivity index (χ0n) is 11.4. The number of carbonyl (C=O) groups is 1. The Labute approximate surface area is 114 Å². The van der Waals surface area contributed by atoms with Crippen LogP contribution < -0.4 is 0 Å². The molecule has 3 nitrogen and oxygen atoms in total. The number of nitrogens with zero attached hydrogens (tertiary/aromatic N) is 1. The van der Waals surface area contributed by atoms with Crippen LogP contribution in [0.3, 0.4) is 0 Å². The highest BCUT2D eigenvalue weighted by Gasteiger charge is 2.26. The van der Waals surface area contributed by atoms with Crippen LogP contribution >= 0.6 is 0 Å². The minimum atomic E-state index is 0.000237. The number of rotatable bonds is 5. The van der Waals surface area contributed by atoms with Gasteiger partial charge in [0.15, 0.2) is 0 Å². The molecule has 1 aliphatic carbocycles. The third kappa shape index (κ3) is 3.67. The third-order valence-electron chi connectivity index (χ3n) is 3.60. The molecule has 1 aromatic carbocycles. The summed E-state index contributed by atoms with van der Waals surface area (Å²) in [5, 5.41) is 9.06. The molecule has 0 aromatic heterocycles. The van der Waals surface area contributed by atoms with Gasteiger partial charge in [-0.15, -0.1) is 0 Å². The summed E-state index contributed by atoms with van der Waals surface area (Å²) in [5.74, 6) is 0.000237. The van der Waals surface area contributed by atoms with E-state index >= 15 is 0 Å². The van der Waals surface area contributed by atoms with Crippen LogP contribution in [0.4, 0.5) is 0 Å². The Morgan fingerprint density at radius 3 is 2.84 bits per heavy atom. The second kappa shape index (κ2) is 6.53. The molecule has 0 heterocycles. The molecule has 19 heavy (non-hydrogen) atoms. The number of carbonyl (C=O) groups excluding carboxylic acids is 1. The maximum atomic E-state index is 12.2. The molecular formula is C16H21NO2. The molecule has 1 saturated carbocycles. The molecule has 3 heteroatoms. The molecule has 0 atom stereocenters. The number of benzene rings is 1. The summed E-state index contributed by atoms with van der Waals surface area (Å²) in [6.07, 6.45) is 6.76. The Hall–Kier alpha value is -1.61. The van der Waals surface area contributed by atoms with Crippen molar-refractivity contribution >= 4 is 12.0 Å². The van der Waals surface area contributed by atoms with E-state index in [2.05, 4.69) is 0 Å². The third-order valence-corrected chi connectivity index (χ3v) is 3.60. The zero-order chi connectivity index (χ0) is 13.7. The first-order chi connectivity index (χ1) is 9.20. The highest BCUT2D eigenvalue weighted by molar-refractivity contribution is 5.92. The van der Waals surface area contributed by atoms with Gasteiger partial charge < -0.3 is 10.0 Å². The van der Waals surface area contributed by atoms with Crippen LogP contribution in [0.15, 0.2) is 30.3 Å². The molecule has 0 bridgehead atoms. The molecule has 1 aromatic rings. The van der Waals surface area contributed by atoms with E-state index in [1.807, 2.05) is 37.3 Å². The van der Waals surface area contributed by atoms with E-state index in [1.54, 1.807) is 11.0 Å². The lowest BCUT2D eigenvalue weighted by Crippen LogP contribution is -2.44. The summed E-state index contributed by atoms with van der Waals surface area (Å²) >= 11 is 0. The van der Waals surface area contributed by atoms with Crippen molar-refractivity contribution < 1.29 is 9.90 Å². The summed E-state index contributed by atoms with van der Waals surface area (Å²) in [7, 11) is 0. The van der Waals surface area contributed by atoms with Crippen LogP contribution in [0.1, 0.15) is 30.4 Å². The van der Waals surface area contributed by atoms with E-state index in [9.17, 15) is 4.79 Å². The van der Waals surface area contributed by atoms with E-state index in [0.29, 0.717) is 12.6 Å². The Bertz CT molecular complexity index is 464. The molecule has 0 unspecified atom stereocenters. The smallest absolute Gasteiger partial charge is 0.246 e. The van der Waals surface area contributed by atoms with Gasteiger partial charge in [-0.1, -0.05) is 29.8 Å². The van der Waals surface area contributed by atoms with Crippen LogP contribution in [0, 0.1) is 6.92 Å². The predicted molar refractivity (Wildman–Crippen MR) is 76.7 cm³/mol. The molecule has 1 aliphatic rings. The second-order valence-corrected chi connectivity index (χ2v) is 5.09. The Morgan fingerprint density at radius 1 is 1.47 bits per heavy atom. The normalized spacial score (nSPS) is 15.5. The summed E-state index contributed by atoms with van der Waals surface area (Å²) < 4.78 is 0. The van der Waals surface area contributed by atoms with Gasteiger partial charge in [-0.25, -0.2) is 0 Å². The minimum absolute atomic E-state index is 0.000237. The molecule has 0 spiro atoms. The van der Waals surface area contributed by atoms with E-state index in [4.69, 9.17) is 5.11 Å². The van der Waals surface area contributed by atoms with Crippen molar-refractivity contribution in [3.05, 3.63) is 41.5 Å². The Balaban J connectivity index is 2.01. The number of aryl methyl sites for hydroxylation is 1. The maximum Gasteiger partial charge on any atom is 0.246 e. The fourth-order valence-corrected chi connectivity index (χ4v) is 2.32. The Kier molecular flexibility index (Phi) is 4.74. The van der Waals surface area contributed by atoms with Crippen LogP contribution in [-0.2, 0) is 4.79 Å². The molecule has 1 N–H and O–H groups in total. The van der Waals surface area contributed by atoms with Crippen molar-refractivity contribution in [2.75, 3.05) is 13.2 Å². The summed E-state index contributed by atoms with van der Waals surface area (Å²) in [4.78, 5) is 13.9. The van der Waals surface area contributed by atoms with Crippen molar-refractivity contribution in [2.45, 2.75) is 32.2 Å². The lowest BCUT2D eigenvalue weighted by Gasteiger charge is -2.36. The van der Waals surface area contributed by atoms with Crippen molar-refractivity contribution in [2.24, 2.45) is 0 Å². The molecule has 0 radical (unpaired) electrons. The van der Waals surface area contributed by atoms with E-state index in [0.717, 1.165) is 18.4 Å². The molecule has 0 saturated heterocycles. The number of aliphatic hydroxyl groups excluding tert-OH is 1. The molecular weight excluding hydrogens is 238 g/mol. The predicted octanol–water partition coefficient (Wildman–Crippen LogP) is 2.38. The van der Waals surface area contributed by atoms with Crippen LogP contribution in [0.5, 0.6) is 0 Å². The van der Waals surface area contributed by atoms with Gasteiger partial charge in [0.25, 0.3) is 0 Å². The van der Waals surface area contributed by atoms with Gasteiger partial charge >= 0.3 is 0 Å². The molecule has 0 aliphatic heterocycles. The van der Waals surface area contributed by atoms with E-state index in [1.165, 1.54) is 12.0 Å². The highest BCUT2D eigenvalue weighted by atomic mass is 16.3. The Morgan fingerprint density at radius 2 is 2.26 bits per heavy atom. The lowest BCUT2D eigenvalue weighted by atomic mass is 9.91. The average molecular weight is 259 g/mol. The number of amides is 1. The molecule has 1 fully saturated rings. The van der Waals surface area contributed by atoms with Gasteiger partial charge in [0, 0.05) is 18.7 Å². The van der Waals surface area contributed by atoms with E-state index < -0.39 is 0 Å². The van der Waals surface area contributed by atoms with Gasteiger partial charge in [-0.05, 0) is 37.8 Å². The van der Waals surface area contributed by atoms with Crippen molar-refractivity contribution in [3.63, 3.8) is 0 Å². The fraction of sp³-hybridized carbons (Fsp3) is 0.438. The second-order valence-electron chi connectivity index (χ2n) is 5.09. The van der Waals surface area contributed by atoms with Crippen molar-refractivity contribution in [1.82, 2.24) is 4.90 Å². The average Bonchev–Trinajstić information content (AvgIpc) is 2.33. The first kappa shape index (κ1) is 13.8. The monoisotopic (exact) mass is 259 g/mol. The summed E-state index contributed by atoms with van der Waals surface area (Å²) in [6, 6.07) is 8.37. The summed E-state index contributed by atoms with van der Waals surface area (Å²) in [5.41, 5.74) is 2.21. The van der Waals surface area contributed by atoms with Gasteiger partial charge in [0.2, 0.25) is 5.91 Å². The molecule has 2 rings (SSSR count). The lowest BCUT2D eigenvalue weighted by molar-refractivity contribution is -0.130. The van der Waals surface area contributed by atoms with Crippen molar-refractivity contribution in [3.8, 4) is 0 Å². The van der Waals surface area contributed by atoms with Crippen LogP contribution in [0.2, 0.25) is 0 Å². The first-order valence-electron chi connectivity index (χ1n) is 6.87. The van der Waals surface area contributed by atoms with Gasteiger partial charge in [0.05, 0.1) is 6.61 Å². The fourth-order valence-electron chi connectivity index (χ4n) is 2.32. The van der Waals surface area contributed by atoms with Crippen LogP contribution in [-0.4, -0.2) is 35.1 Å². The quantitative estimate of drug-likeness (QED) is 0.825. The van der Waals surface area contributed by atoms with Gasteiger partial charge in [-0.2, -0.15) is 0 Å². The topological polar surface area (TPSA) is 40.5 Å². The molecule has 102 valence electrons. The molecule has 1 amide bonds. The largest absolute Gasteiger partial charge is 0.395 e. The minimum Gasteiger partial charge on any atom is -0.395 e. The van der Waals surface area contributed by atoms with E-state index in [-0.39, 0.29) is 12.5 Å². The number of hydrogen-bond donors (Lipinski definition) is 1. The zero-order valence-corrected chi connectivity index (χ0v) is 11.4. The first-order valence-corrected chi connectivity index (χ1v) is 6.87.